The zero-order valence-corrected chi connectivity index (χ0v) is 21.7. The van der Waals surface area contributed by atoms with Crippen LogP contribution in [0.15, 0.2) is 24.3 Å². The summed E-state index contributed by atoms with van der Waals surface area (Å²) < 4.78 is 0. The minimum Gasteiger partial charge on any atom is -0.0646 e. The van der Waals surface area contributed by atoms with Gasteiger partial charge in [-0.05, 0) is 92.1 Å². The summed E-state index contributed by atoms with van der Waals surface area (Å²) in [6, 6.07) is 17.0. The van der Waals surface area contributed by atoms with Gasteiger partial charge in [0.2, 0.25) is 0 Å². The van der Waals surface area contributed by atoms with E-state index in [0.717, 1.165) is 12.8 Å². The number of hydrogen-bond donors (Lipinski definition) is 0. The first kappa shape index (κ1) is 24.7. The molecule has 2 radical (unpaired) electrons. The molecule has 0 spiro atoms. The van der Waals surface area contributed by atoms with Crippen molar-refractivity contribution in [2.75, 3.05) is 0 Å². The maximum atomic E-state index is 3.78. The second-order valence-corrected chi connectivity index (χ2v) is 12.4. The van der Waals surface area contributed by atoms with Gasteiger partial charge < -0.3 is 0 Å². The lowest BCUT2D eigenvalue weighted by atomic mass is 9.74. The molecule has 0 saturated carbocycles. The lowest BCUT2D eigenvalue weighted by Crippen LogP contribution is -2.20. The molecule has 0 unspecified atom stereocenters. The molecule has 0 heterocycles. The average molecular weight is 405 g/mol. The van der Waals surface area contributed by atoms with E-state index in [1.54, 1.807) is 0 Å². The topological polar surface area (TPSA) is 0 Å². The molecule has 0 aromatic heterocycles. The van der Waals surface area contributed by atoms with Gasteiger partial charge in [0.25, 0.3) is 0 Å². The molecule has 2 rings (SSSR count). The van der Waals surface area contributed by atoms with Crippen LogP contribution in [-0.2, 0) is 21.7 Å². The second kappa shape index (κ2) is 8.18. The van der Waals surface area contributed by atoms with Gasteiger partial charge in [-0.15, -0.1) is 0 Å². The van der Waals surface area contributed by atoms with E-state index in [9.17, 15) is 0 Å². The van der Waals surface area contributed by atoms with Crippen molar-refractivity contribution < 1.29 is 0 Å². The van der Waals surface area contributed by atoms with Crippen LogP contribution in [-0.4, -0.2) is 0 Å². The lowest BCUT2D eigenvalue weighted by Gasteiger charge is -2.30. The molecule has 0 fully saturated rings. The van der Waals surface area contributed by atoms with E-state index < -0.39 is 0 Å². The van der Waals surface area contributed by atoms with E-state index in [1.165, 1.54) is 33.4 Å². The van der Waals surface area contributed by atoms with Crippen molar-refractivity contribution in [3.8, 4) is 11.1 Å². The highest BCUT2D eigenvalue weighted by Gasteiger charge is 2.26. The zero-order chi connectivity index (χ0) is 23.1. The molecule has 0 saturated heterocycles. The molecule has 0 heteroatoms. The first-order chi connectivity index (χ1) is 13.5. The number of rotatable bonds is 5. The molecule has 2 aromatic rings. The monoisotopic (exact) mass is 404 g/mol. The summed E-state index contributed by atoms with van der Waals surface area (Å²) >= 11 is 0. The van der Waals surface area contributed by atoms with E-state index in [2.05, 4.69) is 119 Å². The smallest absolute Gasteiger partial charge is 0.00583 e. The molecule has 164 valence electrons. The summed E-state index contributed by atoms with van der Waals surface area (Å²) in [6.45, 7) is 27.6. The third-order valence-corrected chi connectivity index (χ3v) is 6.97. The maximum Gasteiger partial charge on any atom is -0.00583 e. The predicted molar refractivity (Wildman–Crippen MR) is 134 cm³/mol. The third-order valence-electron chi connectivity index (χ3n) is 6.97. The van der Waals surface area contributed by atoms with Crippen molar-refractivity contribution in [3.63, 3.8) is 0 Å². The lowest BCUT2D eigenvalue weighted by molar-refractivity contribution is 0.501. The molecule has 0 nitrogen and oxygen atoms in total. The van der Waals surface area contributed by atoms with Crippen LogP contribution in [0.4, 0.5) is 0 Å². The highest BCUT2D eigenvalue weighted by Crippen LogP contribution is 2.38. The Hall–Kier alpha value is -1.56. The maximum absolute atomic E-state index is 3.78. The molecule has 0 bridgehead atoms. The van der Waals surface area contributed by atoms with Gasteiger partial charge >= 0.3 is 0 Å². The van der Waals surface area contributed by atoms with Crippen LogP contribution in [0.5, 0.6) is 0 Å². The molecule has 2 aromatic carbocycles. The van der Waals surface area contributed by atoms with Crippen molar-refractivity contribution in [3.05, 3.63) is 58.7 Å². The normalized spacial score (nSPS) is 13.6. The summed E-state index contributed by atoms with van der Waals surface area (Å²) in [7, 11) is 0. The second-order valence-electron chi connectivity index (χ2n) is 12.4. The van der Waals surface area contributed by atoms with Crippen LogP contribution in [0.2, 0.25) is 0 Å². The molecule has 0 amide bonds. The number of benzene rings is 2. The van der Waals surface area contributed by atoms with Crippen LogP contribution in [0.1, 0.15) is 118 Å². The van der Waals surface area contributed by atoms with Gasteiger partial charge in [0.05, 0.1) is 0 Å². The fourth-order valence-electron chi connectivity index (χ4n) is 3.43. The highest BCUT2D eigenvalue weighted by molar-refractivity contribution is 5.67. The van der Waals surface area contributed by atoms with Crippen LogP contribution < -0.4 is 0 Å². The number of hydrogen-bond acceptors (Lipinski definition) is 0. The summed E-state index contributed by atoms with van der Waals surface area (Å²) in [5.74, 6) is 0. The van der Waals surface area contributed by atoms with E-state index in [0.29, 0.717) is 0 Å². The van der Waals surface area contributed by atoms with Gasteiger partial charge in [-0.25, -0.2) is 0 Å². The van der Waals surface area contributed by atoms with E-state index in [-0.39, 0.29) is 21.7 Å². The third kappa shape index (κ3) is 5.37. The van der Waals surface area contributed by atoms with Gasteiger partial charge in [0.15, 0.2) is 0 Å². The van der Waals surface area contributed by atoms with E-state index in [4.69, 9.17) is 0 Å². The van der Waals surface area contributed by atoms with Crippen LogP contribution >= 0.6 is 0 Å². The van der Waals surface area contributed by atoms with Gasteiger partial charge in [-0.3, -0.25) is 0 Å². The quantitative estimate of drug-likeness (QED) is 0.466. The van der Waals surface area contributed by atoms with Crippen molar-refractivity contribution in [1.82, 2.24) is 0 Å². The summed E-state index contributed by atoms with van der Waals surface area (Å²) in [4.78, 5) is 0. The van der Waals surface area contributed by atoms with Crippen LogP contribution in [0, 0.1) is 12.1 Å². The minimum absolute atomic E-state index is 0.0573. The predicted octanol–water partition coefficient (Wildman–Crippen LogP) is 8.92. The Balaban J connectivity index is 2.85. The van der Waals surface area contributed by atoms with Gasteiger partial charge in [0.1, 0.15) is 0 Å². The van der Waals surface area contributed by atoms with Crippen molar-refractivity contribution in [2.24, 2.45) is 0 Å². The Kier molecular flexibility index (Phi) is 6.73. The summed E-state index contributed by atoms with van der Waals surface area (Å²) in [5.41, 5.74) is 8.10. The fraction of sp³-hybridized carbons (Fsp3) is 0.600. The van der Waals surface area contributed by atoms with Crippen molar-refractivity contribution >= 4 is 0 Å². The van der Waals surface area contributed by atoms with Gasteiger partial charge in [-0.2, -0.15) is 0 Å². The summed E-state index contributed by atoms with van der Waals surface area (Å²) in [5, 5.41) is 0. The Bertz CT molecular complexity index is 804. The Labute approximate surface area is 187 Å². The Morgan fingerprint density at radius 1 is 0.533 bits per heavy atom. The minimum atomic E-state index is 0.0573. The van der Waals surface area contributed by atoms with Crippen molar-refractivity contribution in [2.45, 2.75) is 118 Å². The van der Waals surface area contributed by atoms with Gasteiger partial charge in [0, 0.05) is 0 Å². The molecule has 0 aliphatic rings. The first-order valence-electron chi connectivity index (χ1n) is 11.7. The molecule has 0 aliphatic carbocycles. The van der Waals surface area contributed by atoms with Crippen LogP contribution in [0.25, 0.3) is 11.1 Å². The van der Waals surface area contributed by atoms with Crippen LogP contribution in [0.3, 0.4) is 0 Å². The Morgan fingerprint density at radius 3 is 1.07 bits per heavy atom. The van der Waals surface area contributed by atoms with Gasteiger partial charge in [-0.1, -0.05) is 95.2 Å². The SMILES string of the molecule is CCC(C)(C)c1cc(-c2[c]c(C(C)(C)C)cc(C(C)(C)CC)c2)[c]c(C(C)(C)C)c1. The highest BCUT2D eigenvalue weighted by atomic mass is 14.3. The zero-order valence-electron chi connectivity index (χ0n) is 21.7. The molecule has 0 aliphatic heterocycles. The molecule has 30 heavy (non-hydrogen) atoms. The fourth-order valence-corrected chi connectivity index (χ4v) is 3.43. The molecule has 0 atom stereocenters. The molecular formula is C30H44. The molecule has 0 N–H and O–H groups in total. The largest absolute Gasteiger partial charge is 0.0646 e. The average Bonchev–Trinajstić information content (AvgIpc) is 2.65. The molecular weight excluding hydrogens is 360 g/mol. The van der Waals surface area contributed by atoms with E-state index in [1.807, 2.05) is 0 Å². The van der Waals surface area contributed by atoms with Crippen molar-refractivity contribution in [1.29, 1.82) is 0 Å². The van der Waals surface area contributed by atoms with E-state index >= 15 is 0 Å². The summed E-state index contributed by atoms with van der Waals surface area (Å²) in [6.07, 6.45) is 2.22. The Morgan fingerprint density at radius 2 is 0.833 bits per heavy atom. The standard InChI is InChI=1S/C30H44/c1-13-29(9,10)25-17-21(15-23(19-25)27(3,4)5)22-16-24(28(6,7)8)20-26(18-22)30(11,12)14-2/h17-20H,13-14H2,1-12H3. The first-order valence-corrected chi connectivity index (χ1v) is 11.7.